The largest absolute Gasteiger partial charge is 0.355 e. The van der Waals surface area contributed by atoms with Crippen molar-refractivity contribution in [3.05, 3.63) is 18.1 Å². The summed E-state index contributed by atoms with van der Waals surface area (Å²) in [6, 6.07) is 2.34. The quantitative estimate of drug-likeness (QED) is 0.840. The monoisotopic (exact) mass is 246 g/mol. The number of nitrogens with two attached hydrogens (primary N) is 1. The minimum absolute atomic E-state index is 0.246. The van der Waals surface area contributed by atoms with Gasteiger partial charge in [0.05, 0.1) is 0 Å². The summed E-state index contributed by atoms with van der Waals surface area (Å²) in [4.78, 5) is 10.9. The minimum atomic E-state index is 0.246. The molecule has 0 radical (unpaired) electrons. The molecule has 3 rings (SSSR count). The van der Waals surface area contributed by atoms with Crippen molar-refractivity contribution in [3.8, 4) is 0 Å². The van der Waals surface area contributed by atoms with E-state index in [1.54, 1.807) is 10.8 Å². The molecule has 96 valence electrons. The Labute approximate surface area is 106 Å². The summed E-state index contributed by atoms with van der Waals surface area (Å²) < 4.78 is 1.80. The second kappa shape index (κ2) is 4.53. The van der Waals surface area contributed by atoms with Gasteiger partial charge in [-0.15, -0.1) is 0 Å². The number of piperidine rings is 1. The lowest BCUT2D eigenvalue weighted by Crippen LogP contribution is -2.43. The lowest BCUT2D eigenvalue weighted by Gasteiger charge is -2.32. The van der Waals surface area contributed by atoms with Gasteiger partial charge in [0.2, 0.25) is 0 Å². The summed E-state index contributed by atoms with van der Waals surface area (Å²) in [6.07, 6.45) is 4.68. The van der Waals surface area contributed by atoms with Gasteiger partial charge in [0.1, 0.15) is 12.1 Å². The van der Waals surface area contributed by atoms with Gasteiger partial charge in [0.15, 0.2) is 0 Å². The van der Waals surface area contributed by atoms with Gasteiger partial charge in [-0.3, -0.25) is 0 Å². The maximum Gasteiger partial charge on any atom is 0.254 e. The van der Waals surface area contributed by atoms with Crippen LogP contribution in [-0.4, -0.2) is 38.7 Å². The van der Waals surface area contributed by atoms with Gasteiger partial charge in [-0.05, 0) is 19.3 Å². The molecule has 0 aromatic carbocycles. The van der Waals surface area contributed by atoms with Gasteiger partial charge < -0.3 is 10.6 Å². The Kier molecular flexibility index (Phi) is 2.87. The van der Waals surface area contributed by atoms with E-state index in [1.165, 1.54) is 0 Å². The van der Waals surface area contributed by atoms with E-state index < -0.39 is 0 Å². The zero-order valence-corrected chi connectivity index (χ0v) is 10.6. The number of nitrogens with zero attached hydrogens (tertiary/aromatic N) is 5. The van der Waals surface area contributed by atoms with Gasteiger partial charge in [0.25, 0.3) is 5.78 Å². The smallest absolute Gasteiger partial charge is 0.254 e. The molecule has 2 aromatic heterocycles. The van der Waals surface area contributed by atoms with E-state index in [0.717, 1.165) is 43.9 Å². The molecule has 1 aliphatic heterocycles. The fraction of sp³-hybridized carbons (Fsp3) is 0.583. The molecule has 0 aliphatic carbocycles. The van der Waals surface area contributed by atoms with Crippen molar-refractivity contribution in [2.24, 2.45) is 5.73 Å². The first-order valence-electron chi connectivity index (χ1n) is 6.48. The van der Waals surface area contributed by atoms with Crippen molar-refractivity contribution in [2.75, 3.05) is 18.0 Å². The first kappa shape index (κ1) is 11.4. The Hall–Kier alpha value is -1.69. The van der Waals surface area contributed by atoms with Crippen LogP contribution < -0.4 is 10.6 Å². The molecule has 1 saturated heterocycles. The summed E-state index contributed by atoms with van der Waals surface area (Å²) in [5, 5.41) is 4.25. The third-order valence-electron chi connectivity index (χ3n) is 3.43. The lowest BCUT2D eigenvalue weighted by molar-refractivity contribution is 0.500. The molecule has 0 saturated carbocycles. The highest BCUT2D eigenvalue weighted by Gasteiger charge is 2.20. The lowest BCUT2D eigenvalue weighted by atomic mass is 10.1. The van der Waals surface area contributed by atoms with E-state index in [4.69, 9.17) is 5.73 Å². The Morgan fingerprint density at radius 1 is 1.50 bits per heavy atom. The van der Waals surface area contributed by atoms with Gasteiger partial charge >= 0.3 is 0 Å². The number of aromatic nitrogens is 4. The number of hydrogen-bond donors (Lipinski definition) is 1. The van der Waals surface area contributed by atoms with Crippen LogP contribution in [0.4, 0.5) is 5.82 Å². The van der Waals surface area contributed by atoms with E-state index in [2.05, 4.69) is 33.0 Å². The van der Waals surface area contributed by atoms with Crippen LogP contribution in [-0.2, 0) is 6.42 Å². The summed E-state index contributed by atoms with van der Waals surface area (Å²) in [6.45, 7) is 4.00. The highest BCUT2D eigenvalue weighted by atomic mass is 15.4. The number of hydrogen-bond acceptors (Lipinski definition) is 5. The van der Waals surface area contributed by atoms with E-state index in [1.807, 2.05) is 0 Å². The first-order valence-corrected chi connectivity index (χ1v) is 6.48. The number of aryl methyl sites for hydroxylation is 1. The fourth-order valence-electron chi connectivity index (χ4n) is 2.47. The predicted octanol–water partition coefficient (Wildman–Crippen LogP) is 0.614. The molecule has 2 N–H and O–H groups in total. The zero-order valence-electron chi connectivity index (χ0n) is 10.6. The van der Waals surface area contributed by atoms with Gasteiger partial charge in [-0.25, -0.2) is 4.98 Å². The number of rotatable bonds is 2. The normalized spacial score (nSPS) is 20.6. The van der Waals surface area contributed by atoms with Gasteiger partial charge in [-0.1, -0.05) is 6.92 Å². The Balaban J connectivity index is 2.05. The van der Waals surface area contributed by atoms with E-state index in [-0.39, 0.29) is 6.04 Å². The number of anilines is 1. The van der Waals surface area contributed by atoms with Crippen molar-refractivity contribution < 1.29 is 0 Å². The summed E-state index contributed by atoms with van der Waals surface area (Å²) in [5.74, 6) is 1.73. The third kappa shape index (κ3) is 1.92. The summed E-state index contributed by atoms with van der Waals surface area (Å²) >= 11 is 0. The highest BCUT2D eigenvalue weighted by Crippen LogP contribution is 2.20. The summed E-state index contributed by atoms with van der Waals surface area (Å²) in [5.41, 5.74) is 7.10. The van der Waals surface area contributed by atoms with Crippen LogP contribution in [0.2, 0.25) is 0 Å². The molecule has 6 heteroatoms. The summed E-state index contributed by atoms with van der Waals surface area (Å²) in [7, 11) is 0. The van der Waals surface area contributed by atoms with Crippen LogP contribution in [0.3, 0.4) is 0 Å². The Morgan fingerprint density at radius 3 is 3.17 bits per heavy atom. The zero-order chi connectivity index (χ0) is 12.5. The van der Waals surface area contributed by atoms with Crippen LogP contribution in [0.25, 0.3) is 5.78 Å². The van der Waals surface area contributed by atoms with Crippen molar-refractivity contribution in [1.82, 2.24) is 19.6 Å². The van der Waals surface area contributed by atoms with Crippen LogP contribution in [0.5, 0.6) is 0 Å². The standard InChI is InChI=1S/C12H18N6/c1-2-10-6-11(17-5-3-4-9(13)7-17)18-12(16-10)14-8-15-18/h6,8-9H,2-5,7,13H2,1H3/t9-/m1/s1. The molecular weight excluding hydrogens is 228 g/mol. The van der Waals surface area contributed by atoms with Crippen molar-refractivity contribution in [2.45, 2.75) is 32.2 Å². The Bertz CT molecular complexity index is 548. The molecular formula is C12H18N6. The Morgan fingerprint density at radius 2 is 2.39 bits per heavy atom. The molecule has 3 heterocycles. The second-order valence-corrected chi connectivity index (χ2v) is 4.78. The van der Waals surface area contributed by atoms with Crippen LogP contribution in [0.1, 0.15) is 25.5 Å². The second-order valence-electron chi connectivity index (χ2n) is 4.78. The van der Waals surface area contributed by atoms with E-state index in [9.17, 15) is 0 Å². The van der Waals surface area contributed by atoms with E-state index in [0.29, 0.717) is 5.78 Å². The third-order valence-corrected chi connectivity index (χ3v) is 3.43. The van der Waals surface area contributed by atoms with Gasteiger partial charge in [-0.2, -0.15) is 14.6 Å². The van der Waals surface area contributed by atoms with Crippen molar-refractivity contribution >= 4 is 11.6 Å². The molecule has 0 unspecified atom stereocenters. The average Bonchev–Trinajstić information content (AvgIpc) is 2.85. The van der Waals surface area contributed by atoms with Crippen LogP contribution in [0, 0.1) is 0 Å². The van der Waals surface area contributed by atoms with Gasteiger partial charge in [0, 0.05) is 30.9 Å². The average molecular weight is 246 g/mol. The number of fused-ring (bicyclic) bond motifs is 1. The predicted molar refractivity (Wildman–Crippen MR) is 69.6 cm³/mol. The molecule has 0 spiro atoms. The molecule has 1 aliphatic rings. The molecule has 1 atom stereocenters. The van der Waals surface area contributed by atoms with Crippen molar-refractivity contribution in [1.29, 1.82) is 0 Å². The maximum atomic E-state index is 6.05. The molecule has 1 fully saturated rings. The molecule has 2 aromatic rings. The highest BCUT2D eigenvalue weighted by molar-refractivity contribution is 5.47. The molecule has 18 heavy (non-hydrogen) atoms. The SMILES string of the molecule is CCc1cc(N2CCC[C@@H](N)C2)n2ncnc2n1. The molecule has 0 amide bonds. The first-order chi connectivity index (χ1) is 8.78. The maximum absolute atomic E-state index is 6.05. The molecule has 6 nitrogen and oxygen atoms in total. The van der Waals surface area contributed by atoms with Crippen LogP contribution in [0.15, 0.2) is 12.4 Å². The van der Waals surface area contributed by atoms with E-state index >= 15 is 0 Å². The van der Waals surface area contributed by atoms with Crippen molar-refractivity contribution in [3.63, 3.8) is 0 Å². The minimum Gasteiger partial charge on any atom is -0.355 e. The fourth-order valence-corrected chi connectivity index (χ4v) is 2.47. The van der Waals surface area contributed by atoms with Crippen LogP contribution >= 0.6 is 0 Å². The topological polar surface area (TPSA) is 72.3 Å². The molecule has 0 bridgehead atoms.